The molecular weight excluding hydrogens is 242 g/mol. The fourth-order valence-electron chi connectivity index (χ4n) is 3.20. The van der Waals surface area contributed by atoms with Crippen LogP contribution in [-0.4, -0.2) is 37.8 Å². The number of aryl methyl sites for hydroxylation is 2. The maximum absolute atomic E-state index is 11.7. The van der Waals surface area contributed by atoms with Crippen molar-refractivity contribution in [3.63, 3.8) is 0 Å². The first-order valence-electron chi connectivity index (χ1n) is 6.90. The van der Waals surface area contributed by atoms with Gasteiger partial charge in [0.1, 0.15) is 5.54 Å². The molecule has 1 unspecified atom stereocenters. The molecule has 2 rings (SSSR count). The second-order valence-corrected chi connectivity index (χ2v) is 5.49. The van der Waals surface area contributed by atoms with Crippen molar-refractivity contribution in [1.29, 1.82) is 0 Å². The van der Waals surface area contributed by atoms with Crippen LogP contribution in [0.25, 0.3) is 0 Å². The average molecular weight is 265 g/mol. The summed E-state index contributed by atoms with van der Waals surface area (Å²) in [7, 11) is 1.93. The zero-order valence-corrected chi connectivity index (χ0v) is 12.2. The molecule has 5 nitrogen and oxygen atoms in total. The molecule has 0 amide bonds. The van der Waals surface area contributed by atoms with E-state index in [1.807, 2.05) is 32.5 Å². The quantitative estimate of drug-likeness (QED) is 0.903. The van der Waals surface area contributed by atoms with Gasteiger partial charge < -0.3 is 5.11 Å². The predicted molar refractivity (Wildman–Crippen MR) is 73.0 cm³/mol. The fourth-order valence-corrected chi connectivity index (χ4v) is 3.20. The van der Waals surface area contributed by atoms with Crippen molar-refractivity contribution in [2.45, 2.75) is 52.1 Å². The van der Waals surface area contributed by atoms with Gasteiger partial charge >= 0.3 is 5.97 Å². The molecule has 0 spiro atoms. The molecule has 1 fully saturated rings. The van der Waals surface area contributed by atoms with Crippen LogP contribution in [0.4, 0.5) is 0 Å². The fraction of sp³-hybridized carbons (Fsp3) is 0.714. The van der Waals surface area contributed by atoms with Crippen molar-refractivity contribution in [3.05, 3.63) is 17.0 Å². The first kappa shape index (κ1) is 14.1. The van der Waals surface area contributed by atoms with Gasteiger partial charge in [0, 0.05) is 24.8 Å². The molecular formula is C14H23N3O2. The lowest BCUT2D eigenvalue weighted by Crippen LogP contribution is -2.49. The minimum absolute atomic E-state index is 0.653. The molecule has 0 radical (unpaired) electrons. The van der Waals surface area contributed by atoms with E-state index >= 15 is 0 Å². The molecule has 106 valence electrons. The minimum Gasteiger partial charge on any atom is -0.480 e. The van der Waals surface area contributed by atoms with Gasteiger partial charge in [0.15, 0.2) is 0 Å². The van der Waals surface area contributed by atoms with Crippen molar-refractivity contribution < 1.29 is 9.90 Å². The van der Waals surface area contributed by atoms with E-state index in [0.29, 0.717) is 13.0 Å². The summed E-state index contributed by atoms with van der Waals surface area (Å²) < 4.78 is 1.87. The molecule has 2 heterocycles. The third-order valence-electron chi connectivity index (χ3n) is 4.61. The van der Waals surface area contributed by atoms with Gasteiger partial charge in [0.25, 0.3) is 0 Å². The highest BCUT2D eigenvalue weighted by Crippen LogP contribution is 2.34. The van der Waals surface area contributed by atoms with E-state index in [9.17, 15) is 9.90 Å². The maximum atomic E-state index is 11.7. The summed E-state index contributed by atoms with van der Waals surface area (Å²) >= 11 is 0. The number of carboxylic acid groups (broad SMARTS) is 1. The predicted octanol–water partition coefficient (Wildman–Crippen LogP) is 1.87. The zero-order valence-electron chi connectivity index (χ0n) is 12.2. The van der Waals surface area contributed by atoms with Crippen LogP contribution < -0.4 is 0 Å². The van der Waals surface area contributed by atoms with Crippen molar-refractivity contribution in [3.8, 4) is 0 Å². The van der Waals surface area contributed by atoms with E-state index < -0.39 is 11.5 Å². The molecule has 1 aromatic heterocycles. The number of aliphatic carboxylic acids is 1. The molecule has 1 atom stereocenters. The first-order valence-corrected chi connectivity index (χ1v) is 6.90. The summed E-state index contributed by atoms with van der Waals surface area (Å²) in [6.07, 6.45) is 2.36. The Bertz CT molecular complexity index is 495. The van der Waals surface area contributed by atoms with Crippen molar-refractivity contribution in [2.24, 2.45) is 7.05 Å². The molecule has 5 heteroatoms. The lowest BCUT2D eigenvalue weighted by molar-refractivity contribution is -0.150. The Morgan fingerprint density at radius 3 is 2.63 bits per heavy atom. The summed E-state index contributed by atoms with van der Waals surface area (Å²) in [6.45, 7) is 7.54. The van der Waals surface area contributed by atoms with Gasteiger partial charge in [-0.25, -0.2) is 0 Å². The highest BCUT2D eigenvalue weighted by molar-refractivity contribution is 5.79. The van der Waals surface area contributed by atoms with E-state index in [0.717, 1.165) is 30.8 Å². The van der Waals surface area contributed by atoms with E-state index in [1.165, 1.54) is 5.56 Å². The standard InChI is InChI=1S/C14H23N3O2/c1-5-14(13(18)19)7-6-8-17(14)9-12-10(2)15-16(4)11(12)3/h5-9H2,1-4H3,(H,18,19). The Hall–Kier alpha value is -1.36. The number of nitrogens with zero attached hydrogens (tertiary/aromatic N) is 3. The minimum atomic E-state index is -0.688. The largest absolute Gasteiger partial charge is 0.480 e. The van der Waals surface area contributed by atoms with Crippen molar-refractivity contribution in [2.75, 3.05) is 6.54 Å². The molecule has 0 aliphatic carbocycles. The van der Waals surface area contributed by atoms with Gasteiger partial charge in [-0.15, -0.1) is 0 Å². The summed E-state index contributed by atoms with van der Waals surface area (Å²) in [5.41, 5.74) is 2.61. The highest BCUT2D eigenvalue weighted by Gasteiger charge is 2.46. The Morgan fingerprint density at radius 2 is 2.16 bits per heavy atom. The van der Waals surface area contributed by atoms with Crippen LogP contribution in [-0.2, 0) is 18.4 Å². The van der Waals surface area contributed by atoms with Crippen molar-refractivity contribution in [1.82, 2.24) is 14.7 Å². The normalized spacial score (nSPS) is 24.0. The molecule has 0 aromatic carbocycles. The summed E-state index contributed by atoms with van der Waals surface area (Å²) in [5.74, 6) is -0.688. The second-order valence-electron chi connectivity index (χ2n) is 5.49. The molecule has 1 N–H and O–H groups in total. The van der Waals surface area contributed by atoms with Crippen LogP contribution in [0.5, 0.6) is 0 Å². The Morgan fingerprint density at radius 1 is 1.47 bits per heavy atom. The van der Waals surface area contributed by atoms with Gasteiger partial charge in [-0.1, -0.05) is 6.92 Å². The van der Waals surface area contributed by atoms with E-state index in [1.54, 1.807) is 0 Å². The Labute approximate surface area is 114 Å². The lowest BCUT2D eigenvalue weighted by Gasteiger charge is -2.34. The molecule has 0 bridgehead atoms. The number of hydrogen-bond donors (Lipinski definition) is 1. The Kier molecular flexibility index (Phi) is 3.67. The Balaban J connectivity index is 2.29. The third kappa shape index (κ3) is 2.16. The van der Waals surface area contributed by atoms with Gasteiger partial charge in [-0.3, -0.25) is 14.4 Å². The molecule has 0 saturated carbocycles. The monoisotopic (exact) mass is 265 g/mol. The van der Waals surface area contributed by atoms with Gasteiger partial charge in [0.2, 0.25) is 0 Å². The number of carboxylic acids is 1. The van der Waals surface area contributed by atoms with Gasteiger partial charge in [-0.2, -0.15) is 5.10 Å². The van der Waals surface area contributed by atoms with Gasteiger partial charge in [-0.05, 0) is 39.7 Å². The topological polar surface area (TPSA) is 58.4 Å². The maximum Gasteiger partial charge on any atom is 0.324 e. The van der Waals surface area contributed by atoms with Crippen molar-refractivity contribution >= 4 is 5.97 Å². The second kappa shape index (κ2) is 4.96. The van der Waals surface area contributed by atoms with E-state index in [4.69, 9.17) is 0 Å². The number of carbonyl (C=O) groups is 1. The number of likely N-dealkylation sites (tertiary alicyclic amines) is 1. The molecule has 1 aliphatic heterocycles. The lowest BCUT2D eigenvalue weighted by atomic mass is 9.92. The first-order chi connectivity index (χ1) is 8.92. The number of hydrogen-bond acceptors (Lipinski definition) is 3. The summed E-state index contributed by atoms with van der Waals surface area (Å²) in [5, 5.41) is 14.0. The van der Waals surface area contributed by atoms with E-state index in [2.05, 4.69) is 10.00 Å². The SMILES string of the molecule is CCC1(C(=O)O)CCCN1Cc1c(C)nn(C)c1C. The molecule has 19 heavy (non-hydrogen) atoms. The van der Waals surface area contributed by atoms with Crippen LogP contribution in [0.3, 0.4) is 0 Å². The van der Waals surface area contributed by atoms with Crippen LogP contribution in [0.1, 0.15) is 43.1 Å². The number of rotatable bonds is 4. The van der Waals surface area contributed by atoms with Crippen LogP contribution in [0.15, 0.2) is 0 Å². The molecule has 1 aliphatic rings. The average Bonchev–Trinajstić information content (AvgIpc) is 2.87. The molecule has 1 aromatic rings. The zero-order chi connectivity index (χ0) is 14.2. The van der Waals surface area contributed by atoms with E-state index in [-0.39, 0.29) is 0 Å². The third-order valence-corrected chi connectivity index (χ3v) is 4.61. The highest BCUT2D eigenvalue weighted by atomic mass is 16.4. The number of aromatic nitrogens is 2. The summed E-state index contributed by atoms with van der Waals surface area (Å²) in [6, 6.07) is 0. The summed E-state index contributed by atoms with van der Waals surface area (Å²) in [4.78, 5) is 13.8. The molecule has 1 saturated heterocycles. The van der Waals surface area contributed by atoms with Gasteiger partial charge in [0.05, 0.1) is 5.69 Å². The van der Waals surface area contributed by atoms with Crippen LogP contribution in [0, 0.1) is 13.8 Å². The van der Waals surface area contributed by atoms with Crippen LogP contribution >= 0.6 is 0 Å². The smallest absolute Gasteiger partial charge is 0.324 e. The van der Waals surface area contributed by atoms with Crippen LogP contribution in [0.2, 0.25) is 0 Å².